The summed E-state index contributed by atoms with van der Waals surface area (Å²) in [6, 6.07) is 8.07. The fourth-order valence-corrected chi connectivity index (χ4v) is 4.23. The van der Waals surface area contributed by atoms with Gasteiger partial charge in [0.1, 0.15) is 11.5 Å². The third-order valence-corrected chi connectivity index (χ3v) is 5.76. The molecule has 198 valence electrons. The smallest absolute Gasteiger partial charge is 0.498 e. The zero-order valence-electron chi connectivity index (χ0n) is 21.7. The quantitative estimate of drug-likeness (QED) is 0.358. The SMILES string of the molecule is CCCN1CC=Cc2c1ccnc2C1=CC=CCC(OCC)=C1.CCCc1ccc(OC(F)(F)F)cc1. The molecule has 0 saturated heterocycles. The molecule has 1 aliphatic heterocycles. The van der Waals surface area contributed by atoms with E-state index in [2.05, 4.69) is 64.1 Å². The first kappa shape index (κ1) is 28.1. The minimum Gasteiger partial charge on any atom is -0.498 e. The Kier molecular flexibility index (Phi) is 10.4. The van der Waals surface area contributed by atoms with Gasteiger partial charge in [0.2, 0.25) is 0 Å². The highest BCUT2D eigenvalue weighted by atomic mass is 19.4. The molecular formula is C30H35F3N2O2. The highest BCUT2D eigenvalue weighted by molar-refractivity contribution is 5.85. The van der Waals surface area contributed by atoms with Gasteiger partial charge in [-0.3, -0.25) is 4.98 Å². The van der Waals surface area contributed by atoms with Crippen molar-refractivity contribution < 1.29 is 22.6 Å². The summed E-state index contributed by atoms with van der Waals surface area (Å²) in [4.78, 5) is 7.08. The summed E-state index contributed by atoms with van der Waals surface area (Å²) < 4.78 is 44.8. The van der Waals surface area contributed by atoms with Crippen molar-refractivity contribution in [2.75, 3.05) is 24.6 Å². The van der Waals surface area contributed by atoms with Crippen molar-refractivity contribution in [1.29, 1.82) is 0 Å². The number of aryl methyl sites for hydroxylation is 1. The Bertz CT molecular complexity index is 1130. The predicted octanol–water partition coefficient (Wildman–Crippen LogP) is 8.13. The van der Waals surface area contributed by atoms with Crippen LogP contribution in [0.5, 0.6) is 5.75 Å². The first-order valence-electron chi connectivity index (χ1n) is 12.8. The summed E-state index contributed by atoms with van der Waals surface area (Å²) in [5.74, 6) is 0.828. The maximum Gasteiger partial charge on any atom is 0.573 e. The molecule has 2 aromatic rings. The van der Waals surface area contributed by atoms with Crippen molar-refractivity contribution in [2.24, 2.45) is 0 Å². The summed E-state index contributed by atoms with van der Waals surface area (Å²) in [5, 5.41) is 0. The second-order valence-electron chi connectivity index (χ2n) is 8.68. The molecule has 2 aliphatic rings. The molecule has 0 radical (unpaired) electrons. The van der Waals surface area contributed by atoms with Gasteiger partial charge in [0, 0.05) is 42.5 Å². The molecule has 4 rings (SSSR count). The van der Waals surface area contributed by atoms with E-state index in [1.165, 1.54) is 23.4 Å². The number of benzene rings is 1. The van der Waals surface area contributed by atoms with Gasteiger partial charge in [-0.2, -0.15) is 0 Å². The van der Waals surface area contributed by atoms with Crippen LogP contribution in [0.15, 0.2) is 72.7 Å². The third-order valence-electron chi connectivity index (χ3n) is 5.76. The summed E-state index contributed by atoms with van der Waals surface area (Å²) >= 11 is 0. The Morgan fingerprint density at radius 2 is 1.78 bits per heavy atom. The van der Waals surface area contributed by atoms with Gasteiger partial charge in [-0.05, 0) is 49.6 Å². The molecule has 7 heteroatoms. The van der Waals surface area contributed by atoms with E-state index in [0.29, 0.717) is 6.61 Å². The van der Waals surface area contributed by atoms with Crippen LogP contribution in [0.25, 0.3) is 11.6 Å². The molecule has 0 unspecified atom stereocenters. The van der Waals surface area contributed by atoms with E-state index >= 15 is 0 Å². The van der Waals surface area contributed by atoms with E-state index in [1.807, 2.05) is 20.0 Å². The minimum atomic E-state index is -4.60. The van der Waals surface area contributed by atoms with Gasteiger partial charge in [-0.1, -0.05) is 62.8 Å². The number of nitrogens with zero attached hydrogens (tertiary/aromatic N) is 2. The van der Waals surface area contributed by atoms with E-state index in [9.17, 15) is 13.2 Å². The Morgan fingerprint density at radius 1 is 1.00 bits per heavy atom. The average Bonchev–Trinajstić information content (AvgIpc) is 3.11. The summed E-state index contributed by atoms with van der Waals surface area (Å²) in [5.41, 5.74) is 5.65. The van der Waals surface area contributed by atoms with Gasteiger partial charge in [-0.25, -0.2) is 0 Å². The fraction of sp³-hybridized carbons (Fsp3) is 0.367. The number of anilines is 1. The lowest BCUT2D eigenvalue weighted by atomic mass is 10.00. The molecule has 0 spiro atoms. The number of hydrogen-bond acceptors (Lipinski definition) is 4. The number of aromatic nitrogens is 1. The van der Waals surface area contributed by atoms with Gasteiger partial charge >= 0.3 is 6.36 Å². The number of allylic oxidation sites excluding steroid dienone is 5. The summed E-state index contributed by atoms with van der Waals surface area (Å²) in [6.07, 6.45) is 14.0. The number of halogens is 3. The van der Waals surface area contributed by atoms with Crippen molar-refractivity contribution in [1.82, 2.24) is 4.98 Å². The van der Waals surface area contributed by atoms with Crippen LogP contribution in [0.1, 0.15) is 56.9 Å². The molecule has 0 bridgehead atoms. The normalized spacial score (nSPS) is 14.6. The van der Waals surface area contributed by atoms with Gasteiger partial charge in [0.15, 0.2) is 0 Å². The van der Waals surface area contributed by atoms with Gasteiger partial charge < -0.3 is 14.4 Å². The average molecular weight is 513 g/mol. The topological polar surface area (TPSA) is 34.6 Å². The van der Waals surface area contributed by atoms with Crippen LogP contribution < -0.4 is 9.64 Å². The number of hydrogen-bond donors (Lipinski definition) is 0. The van der Waals surface area contributed by atoms with Crippen molar-refractivity contribution in [2.45, 2.75) is 52.8 Å². The standard InChI is InChI=1S/C20H24N2O.C10H11F3O/c1-3-13-22-14-7-10-18-19(22)11-12-21-20(18)16-8-5-6-9-17(15-16)23-4-2;1-2-3-8-4-6-9(7-5-8)14-10(11,12)13/h5-8,10-12,15H,3-4,9,13-14H2,1-2H3;4-7H,2-3H2,1H3. The second kappa shape index (κ2) is 13.7. The van der Waals surface area contributed by atoms with E-state index in [4.69, 9.17) is 4.74 Å². The van der Waals surface area contributed by atoms with Crippen molar-refractivity contribution in [3.05, 3.63) is 89.5 Å². The number of alkyl halides is 3. The first-order chi connectivity index (χ1) is 17.8. The third kappa shape index (κ3) is 8.55. The highest BCUT2D eigenvalue weighted by Gasteiger charge is 2.30. The van der Waals surface area contributed by atoms with Crippen LogP contribution in [-0.4, -0.2) is 31.0 Å². The Morgan fingerprint density at radius 3 is 2.46 bits per heavy atom. The number of ether oxygens (including phenoxy) is 2. The molecule has 0 fully saturated rings. The fourth-order valence-electron chi connectivity index (χ4n) is 4.23. The van der Waals surface area contributed by atoms with E-state index in [0.717, 1.165) is 61.4 Å². The van der Waals surface area contributed by atoms with E-state index < -0.39 is 6.36 Å². The zero-order valence-corrected chi connectivity index (χ0v) is 21.7. The Balaban J connectivity index is 0.000000233. The molecule has 2 heterocycles. The van der Waals surface area contributed by atoms with Crippen LogP contribution in [-0.2, 0) is 11.2 Å². The van der Waals surface area contributed by atoms with Crippen LogP contribution >= 0.6 is 0 Å². The van der Waals surface area contributed by atoms with E-state index in [-0.39, 0.29) is 5.75 Å². The number of fused-ring (bicyclic) bond motifs is 1. The van der Waals surface area contributed by atoms with Gasteiger partial charge in [-0.15, -0.1) is 13.2 Å². The molecule has 4 nitrogen and oxygen atoms in total. The maximum atomic E-state index is 11.8. The van der Waals surface area contributed by atoms with Crippen molar-refractivity contribution in [3.8, 4) is 5.75 Å². The number of rotatable bonds is 8. The zero-order chi connectivity index (χ0) is 26.7. The van der Waals surface area contributed by atoms with Crippen LogP contribution in [0.4, 0.5) is 18.9 Å². The Hall–Kier alpha value is -3.48. The molecule has 0 amide bonds. The lowest BCUT2D eigenvalue weighted by molar-refractivity contribution is -0.274. The molecule has 0 saturated carbocycles. The second-order valence-corrected chi connectivity index (χ2v) is 8.68. The van der Waals surface area contributed by atoms with E-state index in [1.54, 1.807) is 12.1 Å². The van der Waals surface area contributed by atoms with Gasteiger partial charge in [0.25, 0.3) is 0 Å². The predicted molar refractivity (Wildman–Crippen MR) is 144 cm³/mol. The monoisotopic (exact) mass is 512 g/mol. The molecule has 1 aliphatic carbocycles. The lowest BCUT2D eigenvalue weighted by Gasteiger charge is -2.28. The Labute approximate surface area is 217 Å². The molecule has 1 aromatic heterocycles. The summed E-state index contributed by atoms with van der Waals surface area (Å²) in [6.45, 7) is 8.99. The highest BCUT2D eigenvalue weighted by Crippen LogP contribution is 2.33. The lowest BCUT2D eigenvalue weighted by Crippen LogP contribution is -2.27. The maximum absolute atomic E-state index is 11.8. The number of pyridine rings is 1. The van der Waals surface area contributed by atoms with Crippen molar-refractivity contribution >= 4 is 17.3 Å². The van der Waals surface area contributed by atoms with Crippen LogP contribution in [0, 0.1) is 0 Å². The van der Waals surface area contributed by atoms with Crippen LogP contribution in [0.3, 0.4) is 0 Å². The largest absolute Gasteiger partial charge is 0.573 e. The summed E-state index contributed by atoms with van der Waals surface area (Å²) in [7, 11) is 0. The minimum absolute atomic E-state index is 0.169. The molecule has 0 atom stereocenters. The molecular weight excluding hydrogens is 477 g/mol. The van der Waals surface area contributed by atoms with Crippen LogP contribution in [0.2, 0.25) is 0 Å². The first-order valence-corrected chi connectivity index (χ1v) is 12.8. The molecule has 37 heavy (non-hydrogen) atoms. The molecule has 1 aromatic carbocycles. The van der Waals surface area contributed by atoms with Crippen molar-refractivity contribution in [3.63, 3.8) is 0 Å². The van der Waals surface area contributed by atoms with Gasteiger partial charge in [0.05, 0.1) is 12.3 Å². The molecule has 0 N–H and O–H groups in total.